The maximum Gasteiger partial charge on any atom is 0.221 e. The van der Waals surface area contributed by atoms with Gasteiger partial charge in [-0.2, -0.15) is 5.26 Å². The third kappa shape index (κ3) is 4.60. The fourth-order valence-electron chi connectivity index (χ4n) is 1.82. The number of nitrogens with one attached hydrogen (secondary N) is 1. The zero-order valence-electron chi connectivity index (χ0n) is 9.91. The Morgan fingerprint density at radius 1 is 1.31 bits per heavy atom. The van der Waals surface area contributed by atoms with Crippen LogP contribution >= 0.6 is 0 Å². The monoisotopic (exact) mass is 224 g/mol. The van der Waals surface area contributed by atoms with Gasteiger partial charge in [-0.25, -0.2) is 0 Å². The van der Waals surface area contributed by atoms with E-state index in [2.05, 4.69) is 21.2 Å². The van der Waals surface area contributed by atoms with Crippen molar-refractivity contribution in [2.75, 3.05) is 45.8 Å². The van der Waals surface area contributed by atoms with Crippen LogP contribution in [0, 0.1) is 11.3 Å². The van der Waals surface area contributed by atoms with Crippen LogP contribution < -0.4 is 5.32 Å². The molecule has 1 N–H and O–H groups in total. The summed E-state index contributed by atoms with van der Waals surface area (Å²) in [5, 5.41) is 11.4. The van der Waals surface area contributed by atoms with Crippen molar-refractivity contribution in [2.45, 2.75) is 13.3 Å². The van der Waals surface area contributed by atoms with E-state index in [-0.39, 0.29) is 5.91 Å². The maximum atomic E-state index is 11.3. The molecule has 0 aromatic carbocycles. The summed E-state index contributed by atoms with van der Waals surface area (Å²) < 4.78 is 0. The zero-order chi connectivity index (χ0) is 11.8. The van der Waals surface area contributed by atoms with E-state index >= 15 is 0 Å². The number of rotatable bonds is 5. The second kappa shape index (κ2) is 7.20. The highest BCUT2D eigenvalue weighted by molar-refractivity contribution is 5.75. The molecule has 0 unspecified atom stereocenters. The Morgan fingerprint density at radius 3 is 2.50 bits per heavy atom. The Labute approximate surface area is 97.0 Å². The highest BCUT2D eigenvalue weighted by Crippen LogP contribution is 2.01. The number of hydrogen-bond donors (Lipinski definition) is 1. The average Bonchev–Trinajstić information content (AvgIpc) is 2.29. The van der Waals surface area contributed by atoms with E-state index in [9.17, 15) is 4.79 Å². The van der Waals surface area contributed by atoms with Crippen molar-refractivity contribution in [3.63, 3.8) is 0 Å². The van der Waals surface area contributed by atoms with Gasteiger partial charge in [-0.15, -0.1) is 0 Å². The van der Waals surface area contributed by atoms with Gasteiger partial charge in [-0.3, -0.25) is 9.69 Å². The molecule has 90 valence electrons. The van der Waals surface area contributed by atoms with Gasteiger partial charge in [0, 0.05) is 45.7 Å². The van der Waals surface area contributed by atoms with Crippen LogP contribution in [0.5, 0.6) is 0 Å². The molecule has 0 saturated carbocycles. The maximum absolute atomic E-state index is 11.3. The molecular weight excluding hydrogens is 204 g/mol. The number of carbonyl (C=O) groups is 1. The van der Waals surface area contributed by atoms with Crippen molar-refractivity contribution in [2.24, 2.45) is 0 Å². The van der Waals surface area contributed by atoms with Gasteiger partial charge in [0.2, 0.25) is 5.91 Å². The number of nitrogens with zero attached hydrogens (tertiary/aromatic N) is 3. The van der Waals surface area contributed by atoms with Gasteiger partial charge >= 0.3 is 0 Å². The molecule has 1 fully saturated rings. The summed E-state index contributed by atoms with van der Waals surface area (Å²) in [6, 6.07) is 2.16. The van der Waals surface area contributed by atoms with E-state index in [0.29, 0.717) is 19.5 Å². The molecule has 0 aromatic rings. The summed E-state index contributed by atoms with van der Waals surface area (Å²) in [7, 11) is 0. The Kier molecular flexibility index (Phi) is 5.83. The minimum absolute atomic E-state index is 0.127. The molecule has 0 aromatic heterocycles. The summed E-state index contributed by atoms with van der Waals surface area (Å²) in [6.45, 7) is 7.76. The SMILES string of the molecule is CCNC(=O)CCN1CCN(CC#N)CC1. The van der Waals surface area contributed by atoms with Crippen LogP contribution in [0.25, 0.3) is 0 Å². The molecule has 0 atom stereocenters. The summed E-state index contributed by atoms with van der Waals surface area (Å²) >= 11 is 0. The molecule has 1 aliphatic heterocycles. The van der Waals surface area contributed by atoms with Gasteiger partial charge < -0.3 is 10.2 Å². The molecule has 1 saturated heterocycles. The molecule has 16 heavy (non-hydrogen) atoms. The van der Waals surface area contributed by atoms with Crippen LogP contribution in [0.15, 0.2) is 0 Å². The van der Waals surface area contributed by atoms with Gasteiger partial charge in [-0.1, -0.05) is 0 Å². The Morgan fingerprint density at radius 2 is 1.94 bits per heavy atom. The number of piperazine rings is 1. The van der Waals surface area contributed by atoms with Crippen molar-refractivity contribution >= 4 is 5.91 Å². The largest absolute Gasteiger partial charge is 0.356 e. The average molecular weight is 224 g/mol. The zero-order valence-corrected chi connectivity index (χ0v) is 9.91. The summed E-state index contributed by atoms with van der Waals surface area (Å²) in [5.41, 5.74) is 0. The summed E-state index contributed by atoms with van der Waals surface area (Å²) in [5.74, 6) is 0.127. The quantitative estimate of drug-likeness (QED) is 0.649. The third-order valence-corrected chi connectivity index (χ3v) is 2.79. The lowest BCUT2D eigenvalue weighted by atomic mass is 10.3. The molecule has 0 spiro atoms. The van der Waals surface area contributed by atoms with Crippen molar-refractivity contribution < 1.29 is 4.79 Å². The lowest BCUT2D eigenvalue weighted by Gasteiger charge is -2.33. The number of nitriles is 1. The minimum atomic E-state index is 0.127. The lowest BCUT2D eigenvalue weighted by Crippen LogP contribution is -2.47. The summed E-state index contributed by atoms with van der Waals surface area (Å²) in [6.07, 6.45) is 0.575. The second-order valence-electron chi connectivity index (χ2n) is 3.98. The molecular formula is C11H20N4O. The van der Waals surface area contributed by atoms with Crippen molar-refractivity contribution in [3.8, 4) is 6.07 Å². The number of amides is 1. The molecule has 1 rings (SSSR count). The fraction of sp³-hybridized carbons (Fsp3) is 0.818. The molecule has 5 heteroatoms. The normalized spacial score (nSPS) is 18.0. The van der Waals surface area contributed by atoms with E-state index < -0.39 is 0 Å². The smallest absolute Gasteiger partial charge is 0.221 e. The topological polar surface area (TPSA) is 59.4 Å². The summed E-state index contributed by atoms with van der Waals surface area (Å²) in [4.78, 5) is 15.7. The first-order chi connectivity index (χ1) is 7.76. The standard InChI is InChI=1S/C11H20N4O/c1-2-13-11(16)3-5-14-7-9-15(6-4-12)10-8-14/h2-3,5-10H2,1H3,(H,13,16). The molecule has 0 bridgehead atoms. The molecule has 1 amide bonds. The van der Waals surface area contributed by atoms with Crippen LogP contribution in [0.4, 0.5) is 0 Å². The van der Waals surface area contributed by atoms with Crippen LogP contribution in [-0.4, -0.2) is 61.5 Å². The third-order valence-electron chi connectivity index (χ3n) is 2.79. The van der Waals surface area contributed by atoms with Gasteiger partial charge in [0.05, 0.1) is 12.6 Å². The van der Waals surface area contributed by atoms with E-state index in [0.717, 1.165) is 32.7 Å². The fourth-order valence-corrected chi connectivity index (χ4v) is 1.82. The number of carbonyl (C=O) groups excluding carboxylic acids is 1. The van der Waals surface area contributed by atoms with Crippen molar-refractivity contribution in [1.29, 1.82) is 5.26 Å². The van der Waals surface area contributed by atoms with Gasteiger partial charge in [0.15, 0.2) is 0 Å². The van der Waals surface area contributed by atoms with Gasteiger partial charge in [0.25, 0.3) is 0 Å². The van der Waals surface area contributed by atoms with Crippen LogP contribution in [0.1, 0.15) is 13.3 Å². The molecule has 0 aliphatic carbocycles. The van der Waals surface area contributed by atoms with Crippen LogP contribution in [0.3, 0.4) is 0 Å². The van der Waals surface area contributed by atoms with Crippen molar-refractivity contribution in [1.82, 2.24) is 15.1 Å². The first-order valence-corrected chi connectivity index (χ1v) is 5.84. The van der Waals surface area contributed by atoms with Crippen molar-refractivity contribution in [3.05, 3.63) is 0 Å². The predicted octanol–water partition coefficient (Wildman–Crippen LogP) is -0.346. The highest BCUT2D eigenvalue weighted by atomic mass is 16.1. The first-order valence-electron chi connectivity index (χ1n) is 5.84. The van der Waals surface area contributed by atoms with E-state index in [1.54, 1.807) is 0 Å². The first kappa shape index (κ1) is 12.9. The van der Waals surface area contributed by atoms with Gasteiger partial charge in [-0.05, 0) is 6.92 Å². The Hall–Kier alpha value is -1.12. The molecule has 1 aliphatic rings. The highest BCUT2D eigenvalue weighted by Gasteiger charge is 2.16. The van der Waals surface area contributed by atoms with E-state index in [4.69, 9.17) is 5.26 Å². The van der Waals surface area contributed by atoms with E-state index in [1.165, 1.54) is 0 Å². The molecule has 0 radical (unpaired) electrons. The predicted molar refractivity (Wildman–Crippen MR) is 61.8 cm³/mol. The molecule has 5 nitrogen and oxygen atoms in total. The lowest BCUT2D eigenvalue weighted by molar-refractivity contribution is -0.121. The van der Waals surface area contributed by atoms with Crippen LogP contribution in [0.2, 0.25) is 0 Å². The minimum Gasteiger partial charge on any atom is -0.356 e. The van der Waals surface area contributed by atoms with Crippen LogP contribution in [-0.2, 0) is 4.79 Å². The second-order valence-corrected chi connectivity index (χ2v) is 3.98. The van der Waals surface area contributed by atoms with E-state index in [1.807, 2.05) is 6.92 Å². The molecule has 1 heterocycles. The van der Waals surface area contributed by atoms with Gasteiger partial charge in [0.1, 0.15) is 0 Å². The Bertz CT molecular complexity index is 253. The number of hydrogen-bond acceptors (Lipinski definition) is 4. The Balaban J connectivity index is 2.13.